The fraction of sp³-hybridized carbons (Fsp3) is 0.185. The first-order chi connectivity index (χ1) is 15.5. The van der Waals surface area contributed by atoms with E-state index in [-0.39, 0.29) is 0 Å². The number of thioether (sulfide) groups is 1. The second-order valence-corrected chi connectivity index (χ2v) is 9.91. The van der Waals surface area contributed by atoms with Gasteiger partial charge in [-0.3, -0.25) is 10.1 Å². The largest absolute Gasteiger partial charge is 0.353 e. The lowest BCUT2D eigenvalue weighted by atomic mass is 10.0. The first kappa shape index (κ1) is 20.6. The van der Waals surface area contributed by atoms with Crippen molar-refractivity contribution in [1.29, 1.82) is 0 Å². The first-order valence-electron chi connectivity index (χ1n) is 10.8. The number of hydrogen-bond donors (Lipinski definition) is 2. The third-order valence-corrected chi connectivity index (χ3v) is 6.81. The molecule has 0 amide bonds. The van der Waals surface area contributed by atoms with Crippen LogP contribution >= 0.6 is 11.8 Å². The lowest BCUT2D eigenvalue weighted by molar-refractivity contribution is 1.12. The number of aryl methyl sites for hydroxylation is 1. The molecule has 5 heteroatoms. The highest BCUT2D eigenvalue weighted by Crippen LogP contribution is 2.35. The number of allylic oxidation sites excluding steroid dienone is 1. The predicted octanol–water partition coefficient (Wildman–Crippen LogP) is 7.58. The molecular formula is C27H26N4S. The molecule has 32 heavy (non-hydrogen) atoms. The molecule has 4 nitrogen and oxygen atoms in total. The monoisotopic (exact) mass is 438 g/mol. The van der Waals surface area contributed by atoms with E-state index in [2.05, 4.69) is 95.7 Å². The summed E-state index contributed by atoms with van der Waals surface area (Å²) in [5.41, 5.74) is 10.1. The van der Waals surface area contributed by atoms with Crippen molar-refractivity contribution in [3.63, 3.8) is 0 Å². The average Bonchev–Trinajstić information content (AvgIpc) is 3.41. The number of fused-ring (bicyclic) bond motifs is 2. The van der Waals surface area contributed by atoms with Crippen LogP contribution in [-0.4, -0.2) is 25.4 Å². The molecule has 0 fully saturated rings. The summed E-state index contributed by atoms with van der Waals surface area (Å²) in [5.74, 6) is 0. The maximum absolute atomic E-state index is 4.66. The first-order valence-corrected chi connectivity index (χ1v) is 11.8. The van der Waals surface area contributed by atoms with Gasteiger partial charge in [-0.25, -0.2) is 0 Å². The molecule has 0 atom stereocenters. The number of rotatable bonds is 5. The van der Waals surface area contributed by atoms with Crippen LogP contribution in [-0.2, 0) is 0 Å². The molecule has 0 spiro atoms. The summed E-state index contributed by atoms with van der Waals surface area (Å²) in [6.07, 6.45) is 3.76. The van der Waals surface area contributed by atoms with Gasteiger partial charge in [0.1, 0.15) is 5.69 Å². The maximum Gasteiger partial charge on any atom is 0.116 e. The van der Waals surface area contributed by atoms with Crippen molar-refractivity contribution in [3.05, 3.63) is 77.5 Å². The third kappa shape index (κ3) is 3.73. The standard InChI is InChI=1S/C27H26N4S/c1-16(2)32-15-18(4)20-6-5-7-24-21(20)13-26(29-24)27-22-12-19(8-9-25(22)30-31-27)23-14-28-11-10-17(23)3/h5-16,29H,1-4H3,(H,30,31)/b18-15+. The number of nitrogens with one attached hydrogen (secondary N) is 2. The number of pyridine rings is 1. The van der Waals surface area contributed by atoms with Crippen molar-refractivity contribution >= 4 is 39.1 Å². The number of aromatic amines is 2. The molecule has 0 aliphatic heterocycles. The summed E-state index contributed by atoms with van der Waals surface area (Å²) in [5, 5.41) is 13.0. The van der Waals surface area contributed by atoms with Gasteiger partial charge in [0.25, 0.3) is 0 Å². The topological polar surface area (TPSA) is 57.4 Å². The molecule has 3 aromatic heterocycles. The molecule has 5 aromatic rings. The van der Waals surface area contributed by atoms with Crippen LogP contribution in [0.2, 0.25) is 0 Å². The van der Waals surface area contributed by atoms with Crippen LogP contribution in [0.25, 0.3) is 49.9 Å². The number of hydrogen-bond acceptors (Lipinski definition) is 3. The molecule has 0 unspecified atom stereocenters. The maximum atomic E-state index is 4.66. The lowest BCUT2D eigenvalue weighted by Crippen LogP contribution is -1.85. The molecule has 0 saturated heterocycles. The van der Waals surface area contributed by atoms with Crippen LogP contribution in [0, 0.1) is 6.92 Å². The SMILES string of the molecule is C/C(=C\SC(C)C)c1cccc2[nH]c(-c3n[nH]c4ccc(-c5cnccc5C)cc34)cc12. The second-order valence-electron chi connectivity index (χ2n) is 8.46. The minimum atomic E-state index is 0.569. The highest BCUT2D eigenvalue weighted by molar-refractivity contribution is 8.02. The van der Waals surface area contributed by atoms with Crippen molar-refractivity contribution < 1.29 is 0 Å². The zero-order chi connectivity index (χ0) is 22.2. The Bertz CT molecular complexity index is 1460. The van der Waals surface area contributed by atoms with E-state index in [1.807, 2.05) is 30.2 Å². The van der Waals surface area contributed by atoms with Crippen molar-refractivity contribution in [3.8, 4) is 22.5 Å². The Labute approximate surface area is 192 Å². The second kappa shape index (κ2) is 8.32. The van der Waals surface area contributed by atoms with Gasteiger partial charge in [0.05, 0.1) is 11.2 Å². The number of benzene rings is 2. The van der Waals surface area contributed by atoms with Crippen molar-refractivity contribution in [2.75, 3.05) is 0 Å². The van der Waals surface area contributed by atoms with Gasteiger partial charge in [-0.2, -0.15) is 5.10 Å². The van der Waals surface area contributed by atoms with Crippen LogP contribution in [0.15, 0.2) is 66.3 Å². The van der Waals surface area contributed by atoms with Crippen LogP contribution in [0.1, 0.15) is 31.9 Å². The summed E-state index contributed by atoms with van der Waals surface area (Å²) in [4.78, 5) is 7.91. The van der Waals surface area contributed by atoms with Gasteiger partial charge in [0, 0.05) is 39.5 Å². The molecule has 0 aliphatic carbocycles. The predicted molar refractivity (Wildman–Crippen MR) is 138 cm³/mol. The van der Waals surface area contributed by atoms with E-state index in [1.54, 1.807) is 0 Å². The Balaban J connectivity index is 1.62. The summed E-state index contributed by atoms with van der Waals surface area (Å²) >= 11 is 1.86. The Hall–Kier alpha value is -3.31. The van der Waals surface area contributed by atoms with E-state index in [0.717, 1.165) is 38.9 Å². The molecule has 0 radical (unpaired) electrons. The van der Waals surface area contributed by atoms with E-state index < -0.39 is 0 Å². The van der Waals surface area contributed by atoms with Gasteiger partial charge in [0.2, 0.25) is 0 Å². The van der Waals surface area contributed by atoms with E-state index in [0.29, 0.717) is 5.25 Å². The third-order valence-electron chi connectivity index (χ3n) is 5.77. The summed E-state index contributed by atoms with van der Waals surface area (Å²) in [6, 6.07) is 17.1. The Morgan fingerprint density at radius 1 is 1.03 bits per heavy atom. The van der Waals surface area contributed by atoms with Crippen LogP contribution in [0.3, 0.4) is 0 Å². The quantitative estimate of drug-likeness (QED) is 0.297. The van der Waals surface area contributed by atoms with E-state index in [9.17, 15) is 0 Å². The Kier molecular flexibility index (Phi) is 5.35. The normalized spacial score (nSPS) is 12.3. The van der Waals surface area contributed by atoms with Crippen LogP contribution in [0.4, 0.5) is 0 Å². The molecule has 0 saturated carbocycles. The average molecular weight is 439 g/mol. The molecule has 2 N–H and O–H groups in total. The highest BCUT2D eigenvalue weighted by atomic mass is 32.2. The van der Waals surface area contributed by atoms with E-state index in [4.69, 9.17) is 0 Å². The fourth-order valence-electron chi connectivity index (χ4n) is 4.08. The molecule has 3 heterocycles. The zero-order valence-corrected chi connectivity index (χ0v) is 19.5. The van der Waals surface area contributed by atoms with Gasteiger partial charge in [0.15, 0.2) is 0 Å². The summed E-state index contributed by atoms with van der Waals surface area (Å²) < 4.78 is 0. The molecular weight excluding hydrogens is 412 g/mol. The van der Waals surface area contributed by atoms with Gasteiger partial charge in [-0.05, 0) is 71.9 Å². The minimum Gasteiger partial charge on any atom is -0.353 e. The van der Waals surface area contributed by atoms with Gasteiger partial charge < -0.3 is 4.98 Å². The van der Waals surface area contributed by atoms with Crippen molar-refractivity contribution in [2.24, 2.45) is 0 Å². The molecule has 0 aliphatic rings. The summed E-state index contributed by atoms with van der Waals surface area (Å²) in [6.45, 7) is 8.73. The zero-order valence-electron chi connectivity index (χ0n) is 18.7. The molecule has 160 valence electrons. The highest BCUT2D eigenvalue weighted by Gasteiger charge is 2.14. The Morgan fingerprint density at radius 3 is 2.72 bits per heavy atom. The number of nitrogens with zero attached hydrogens (tertiary/aromatic N) is 2. The number of aromatic nitrogens is 4. The fourth-order valence-corrected chi connectivity index (χ4v) is 4.68. The van der Waals surface area contributed by atoms with Crippen molar-refractivity contribution in [1.82, 2.24) is 20.2 Å². The van der Waals surface area contributed by atoms with E-state index in [1.165, 1.54) is 22.1 Å². The number of H-pyrrole nitrogens is 2. The van der Waals surface area contributed by atoms with Crippen LogP contribution < -0.4 is 0 Å². The summed E-state index contributed by atoms with van der Waals surface area (Å²) in [7, 11) is 0. The molecule has 0 bridgehead atoms. The van der Waals surface area contributed by atoms with Gasteiger partial charge in [-0.15, -0.1) is 11.8 Å². The van der Waals surface area contributed by atoms with Crippen molar-refractivity contribution in [2.45, 2.75) is 32.9 Å². The van der Waals surface area contributed by atoms with Gasteiger partial charge >= 0.3 is 0 Å². The van der Waals surface area contributed by atoms with E-state index >= 15 is 0 Å². The Morgan fingerprint density at radius 2 is 1.91 bits per heavy atom. The van der Waals surface area contributed by atoms with Gasteiger partial charge in [-0.1, -0.05) is 32.0 Å². The molecule has 5 rings (SSSR count). The minimum absolute atomic E-state index is 0.569. The smallest absolute Gasteiger partial charge is 0.116 e. The molecule has 2 aromatic carbocycles. The lowest BCUT2D eigenvalue weighted by Gasteiger charge is -2.05. The van der Waals surface area contributed by atoms with Crippen LogP contribution in [0.5, 0.6) is 0 Å².